The number of rotatable bonds is 6. The molecule has 4 aromatic rings. The molecule has 0 amide bonds. The maximum Gasteiger partial charge on any atom is 0.198 e. The van der Waals surface area contributed by atoms with Crippen molar-refractivity contribution in [3.05, 3.63) is 70.5 Å². The minimum absolute atomic E-state index is 0.0868. The zero-order valence-corrected chi connectivity index (χ0v) is 19.9. The predicted molar refractivity (Wildman–Crippen MR) is 128 cm³/mol. The van der Waals surface area contributed by atoms with Gasteiger partial charge in [-0.3, -0.25) is 4.90 Å². The van der Waals surface area contributed by atoms with Crippen molar-refractivity contribution in [2.75, 3.05) is 19.7 Å². The van der Waals surface area contributed by atoms with Gasteiger partial charge in [0.2, 0.25) is 0 Å². The molecule has 3 heterocycles. The van der Waals surface area contributed by atoms with Crippen LogP contribution in [0.4, 0.5) is 4.39 Å². The lowest BCUT2D eigenvalue weighted by atomic mass is 10.1. The summed E-state index contributed by atoms with van der Waals surface area (Å²) in [5, 5.41) is 4.78. The van der Waals surface area contributed by atoms with E-state index in [9.17, 15) is 4.39 Å². The molecule has 5 rings (SSSR count). The van der Waals surface area contributed by atoms with Gasteiger partial charge in [0.15, 0.2) is 9.11 Å². The molecule has 0 radical (unpaired) electrons. The Morgan fingerprint density at radius 2 is 2.03 bits per heavy atom. The van der Waals surface area contributed by atoms with Crippen LogP contribution in [0.25, 0.3) is 10.2 Å². The molecular formula is C22H22FN5OS3. The van der Waals surface area contributed by atoms with Crippen molar-refractivity contribution in [3.63, 3.8) is 0 Å². The van der Waals surface area contributed by atoms with E-state index in [0.717, 1.165) is 27.8 Å². The smallest absolute Gasteiger partial charge is 0.198 e. The number of ether oxygens (including phenoxy) is 1. The third kappa shape index (κ3) is 4.65. The van der Waals surface area contributed by atoms with Gasteiger partial charge < -0.3 is 9.30 Å². The molecule has 6 nitrogen and oxygen atoms in total. The third-order valence-corrected chi connectivity index (χ3v) is 8.12. The summed E-state index contributed by atoms with van der Waals surface area (Å²) >= 11 is 9.02. The van der Waals surface area contributed by atoms with Crippen LogP contribution in [0.1, 0.15) is 17.5 Å². The number of fused-ring (bicyclic) bond motifs is 1. The first-order valence-electron chi connectivity index (χ1n) is 10.3. The van der Waals surface area contributed by atoms with Crippen molar-refractivity contribution in [2.45, 2.75) is 22.9 Å². The van der Waals surface area contributed by atoms with Crippen LogP contribution in [0.2, 0.25) is 0 Å². The van der Waals surface area contributed by atoms with E-state index in [1.54, 1.807) is 35.2 Å². The largest absolute Gasteiger partial charge is 0.371 e. The molecule has 2 aromatic carbocycles. The minimum atomic E-state index is -0.238. The second kappa shape index (κ2) is 9.40. The number of hydrogen-bond acceptors (Lipinski definition) is 7. The Hall–Kier alpha value is -2.11. The SMILES string of the molecule is Cn1c(CSc2nc3ccccc3s2)nn(CN2CCOC(c3ccc(F)cc3)C2)c1=S. The van der Waals surface area contributed by atoms with Crippen molar-refractivity contribution in [3.8, 4) is 0 Å². The lowest BCUT2D eigenvalue weighted by molar-refractivity contribution is -0.0419. The zero-order valence-electron chi connectivity index (χ0n) is 17.5. The maximum atomic E-state index is 13.2. The Labute approximate surface area is 198 Å². The normalized spacial score (nSPS) is 17.2. The number of halogens is 1. The number of benzene rings is 2. The summed E-state index contributed by atoms with van der Waals surface area (Å²) in [4.78, 5) is 6.96. The van der Waals surface area contributed by atoms with Gasteiger partial charge in [-0.05, 0) is 42.0 Å². The molecule has 1 unspecified atom stereocenters. The summed E-state index contributed by atoms with van der Waals surface area (Å²) in [5.74, 6) is 1.38. The van der Waals surface area contributed by atoms with E-state index >= 15 is 0 Å². The Bertz CT molecular complexity index is 1250. The van der Waals surface area contributed by atoms with Crippen molar-refractivity contribution < 1.29 is 9.13 Å². The second-order valence-corrected chi connectivity index (χ2v) is 10.2. The van der Waals surface area contributed by atoms with E-state index < -0.39 is 0 Å². The summed E-state index contributed by atoms with van der Waals surface area (Å²) in [6.07, 6.45) is -0.0868. The Morgan fingerprint density at radius 1 is 1.22 bits per heavy atom. The van der Waals surface area contributed by atoms with Crippen LogP contribution in [0.3, 0.4) is 0 Å². The third-order valence-electron chi connectivity index (χ3n) is 5.46. The van der Waals surface area contributed by atoms with E-state index in [-0.39, 0.29) is 11.9 Å². The molecule has 1 aliphatic heterocycles. The van der Waals surface area contributed by atoms with E-state index in [2.05, 4.69) is 16.0 Å². The fraction of sp³-hybridized carbons (Fsp3) is 0.318. The van der Waals surface area contributed by atoms with Gasteiger partial charge in [0.1, 0.15) is 11.6 Å². The average Bonchev–Trinajstić information content (AvgIpc) is 3.34. The van der Waals surface area contributed by atoms with Gasteiger partial charge in [0.25, 0.3) is 0 Å². The topological polar surface area (TPSA) is 48.1 Å². The number of morpholine rings is 1. The van der Waals surface area contributed by atoms with Crippen molar-refractivity contribution >= 4 is 45.5 Å². The van der Waals surface area contributed by atoms with Crippen LogP contribution < -0.4 is 0 Å². The number of thioether (sulfide) groups is 1. The van der Waals surface area contributed by atoms with Crippen molar-refractivity contribution in [2.24, 2.45) is 7.05 Å². The molecule has 166 valence electrons. The number of thiazole rings is 1. The zero-order chi connectivity index (χ0) is 22.1. The summed E-state index contributed by atoms with van der Waals surface area (Å²) in [6.45, 7) is 2.72. The predicted octanol–water partition coefficient (Wildman–Crippen LogP) is 5.02. The first-order chi connectivity index (χ1) is 15.6. The van der Waals surface area contributed by atoms with Gasteiger partial charge in [-0.25, -0.2) is 14.1 Å². The number of hydrogen-bond donors (Lipinski definition) is 0. The van der Waals surface area contributed by atoms with Gasteiger partial charge in [0, 0.05) is 20.1 Å². The Kier molecular flexibility index (Phi) is 6.38. The van der Waals surface area contributed by atoms with Crippen LogP contribution in [0.15, 0.2) is 52.9 Å². The molecule has 32 heavy (non-hydrogen) atoms. The van der Waals surface area contributed by atoms with E-state index in [1.165, 1.54) is 16.8 Å². The molecule has 1 aliphatic rings. The van der Waals surface area contributed by atoms with Crippen molar-refractivity contribution in [1.29, 1.82) is 0 Å². The Morgan fingerprint density at radius 3 is 2.84 bits per heavy atom. The fourth-order valence-corrected chi connectivity index (χ4v) is 5.94. The van der Waals surface area contributed by atoms with Crippen molar-refractivity contribution in [1.82, 2.24) is 24.2 Å². The van der Waals surface area contributed by atoms with Crippen LogP contribution in [-0.2, 0) is 24.2 Å². The van der Waals surface area contributed by atoms with Crippen LogP contribution in [0.5, 0.6) is 0 Å². The van der Waals surface area contributed by atoms with E-state index in [0.29, 0.717) is 30.3 Å². The number of aromatic nitrogens is 4. The quantitative estimate of drug-likeness (QED) is 0.281. The first-order valence-corrected chi connectivity index (χ1v) is 12.5. The first kappa shape index (κ1) is 21.7. The molecule has 1 atom stereocenters. The molecule has 0 spiro atoms. The highest BCUT2D eigenvalue weighted by Gasteiger charge is 2.23. The van der Waals surface area contributed by atoms with Crippen LogP contribution >= 0.6 is 35.3 Å². The fourth-order valence-electron chi connectivity index (χ4n) is 3.69. The van der Waals surface area contributed by atoms with E-state index in [4.69, 9.17) is 22.1 Å². The monoisotopic (exact) mass is 487 g/mol. The van der Waals surface area contributed by atoms with Crippen LogP contribution in [-0.4, -0.2) is 43.9 Å². The van der Waals surface area contributed by atoms with Crippen LogP contribution in [0, 0.1) is 10.6 Å². The molecule has 1 fully saturated rings. The average molecular weight is 488 g/mol. The minimum Gasteiger partial charge on any atom is -0.371 e. The summed E-state index contributed by atoms with van der Waals surface area (Å²) < 4.78 is 25.9. The van der Waals surface area contributed by atoms with Gasteiger partial charge >= 0.3 is 0 Å². The molecule has 0 N–H and O–H groups in total. The van der Waals surface area contributed by atoms with Gasteiger partial charge in [-0.15, -0.1) is 11.3 Å². The number of nitrogens with zero attached hydrogens (tertiary/aromatic N) is 5. The molecule has 0 saturated carbocycles. The summed E-state index contributed by atoms with van der Waals surface area (Å²) in [5.41, 5.74) is 2.01. The number of para-hydroxylation sites is 1. The van der Waals surface area contributed by atoms with Gasteiger partial charge in [0.05, 0.1) is 35.3 Å². The van der Waals surface area contributed by atoms with Gasteiger partial charge in [-0.1, -0.05) is 36.0 Å². The molecule has 0 aliphatic carbocycles. The highest BCUT2D eigenvalue weighted by Crippen LogP contribution is 2.31. The lowest BCUT2D eigenvalue weighted by Gasteiger charge is -2.32. The molecule has 0 bridgehead atoms. The maximum absolute atomic E-state index is 13.2. The lowest BCUT2D eigenvalue weighted by Crippen LogP contribution is -2.39. The standard InChI is InChI=1S/C22H22FN5OS3/c1-26-20(13-31-21-24-17-4-2-3-5-19(17)32-21)25-28(22(26)30)14-27-10-11-29-18(12-27)15-6-8-16(23)9-7-15/h2-9,18H,10-14H2,1H3. The van der Waals surface area contributed by atoms with Gasteiger partial charge in [-0.2, -0.15) is 5.10 Å². The highest BCUT2D eigenvalue weighted by atomic mass is 32.2. The second-order valence-electron chi connectivity index (χ2n) is 7.62. The molecule has 2 aromatic heterocycles. The molecular weight excluding hydrogens is 465 g/mol. The molecule has 1 saturated heterocycles. The Balaban J connectivity index is 1.26. The summed E-state index contributed by atoms with van der Waals surface area (Å²) in [7, 11) is 1.96. The molecule has 10 heteroatoms. The highest BCUT2D eigenvalue weighted by molar-refractivity contribution is 8.00. The van der Waals surface area contributed by atoms with E-state index in [1.807, 2.05) is 34.5 Å². The summed E-state index contributed by atoms with van der Waals surface area (Å²) in [6, 6.07) is 14.7.